The molecule has 0 unspecified atom stereocenters. The van der Waals surface area contributed by atoms with Gasteiger partial charge in [0, 0.05) is 12.1 Å². The first kappa shape index (κ1) is 10.6. The maximum Gasteiger partial charge on any atom is 0.420 e. The second-order valence-electron chi connectivity index (χ2n) is 2.70. The summed E-state index contributed by atoms with van der Waals surface area (Å²) >= 11 is 0. The minimum Gasteiger partial charge on any atom is -0.508 e. The third-order valence-electron chi connectivity index (χ3n) is 1.70. The van der Waals surface area contributed by atoms with Crippen molar-refractivity contribution in [2.75, 3.05) is 0 Å². The van der Waals surface area contributed by atoms with Crippen molar-refractivity contribution < 1.29 is 23.4 Å². The molecule has 78 valence electrons. The van der Waals surface area contributed by atoms with E-state index in [1.807, 2.05) is 0 Å². The zero-order chi connectivity index (χ0) is 10.9. The average molecular weight is 207 g/mol. The van der Waals surface area contributed by atoms with E-state index in [0.717, 1.165) is 6.07 Å². The summed E-state index contributed by atoms with van der Waals surface area (Å²) in [6.07, 6.45) is -4.70. The van der Waals surface area contributed by atoms with Gasteiger partial charge in [0.05, 0.1) is 0 Å². The van der Waals surface area contributed by atoms with Gasteiger partial charge in [0.2, 0.25) is 0 Å². The van der Waals surface area contributed by atoms with E-state index in [1.165, 1.54) is 0 Å². The van der Waals surface area contributed by atoms with Gasteiger partial charge in [-0.05, 0) is 12.1 Å². The van der Waals surface area contributed by atoms with Gasteiger partial charge in [-0.15, -0.1) is 0 Å². The van der Waals surface area contributed by atoms with Crippen molar-refractivity contribution in [3.8, 4) is 11.5 Å². The Morgan fingerprint density at radius 2 is 1.79 bits per heavy atom. The van der Waals surface area contributed by atoms with E-state index in [4.69, 9.17) is 15.9 Å². The zero-order valence-corrected chi connectivity index (χ0v) is 6.97. The number of hydrogen-bond acceptors (Lipinski definition) is 3. The second kappa shape index (κ2) is 3.38. The highest BCUT2D eigenvalue weighted by atomic mass is 19.4. The molecule has 6 heteroatoms. The summed E-state index contributed by atoms with van der Waals surface area (Å²) in [4.78, 5) is 0. The van der Waals surface area contributed by atoms with Gasteiger partial charge in [0.15, 0.2) is 0 Å². The van der Waals surface area contributed by atoms with Gasteiger partial charge in [-0.25, -0.2) is 0 Å². The van der Waals surface area contributed by atoms with Gasteiger partial charge in [-0.1, -0.05) is 0 Å². The summed E-state index contributed by atoms with van der Waals surface area (Å²) in [7, 11) is 0. The van der Waals surface area contributed by atoms with Gasteiger partial charge in [0.25, 0.3) is 0 Å². The Bertz CT molecular complexity index is 349. The lowest BCUT2D eigenvalue weighted by Crippen LogP contribution is -2.08. The molecule has 0 spiro atoms. The summed E-state index contributed by atoms with van der Waals surface area (Å²) in [6, 6.07) is 1.44. The van der Waals surface area contributed by atoms with Crippen LogP contribution < -0.4 is 5.73 Å². The molecule has 0 aliphatic heterocycles. The summed E-state index contributed by atoms with van der Waals surface area (Å²) in [5.41, 5.74) is 3.67. The molecule has 0 fully saturated rings. The van der Waals surface area contributed by atoms with Crippen LogP contribution in [-0.4, -0.2) is 10.2 Å². The molecule has 0 heterocycles. The molecule has 0 aromatic heterocycles. The van der Waals surface area contributed by atoms with Gasteiger partial charge in [-0.3, -0.25) is 0 Å². The lowest BCUT2D eigenvalue weighted by molar-refractivity contribution is -0.138. The predicted molar refractivity (Wildman–Crippen MR) is 42.7 cm³/mol. The number of alkyl halides is 3. The van der Waals surface area contributed by atoms with Crippen LogP contribution >= 0.6 is 0 Å². The number of phenolic OH excluding ortho intramolecular Hbond substituents is 2. The summed E-state index contributed by atoms with van der Waals surface area (Å²) < 4.78 is 36.7. The Balaban J connectivity index is 3.37. The van der Waals surface area contributed by atoms with E-state index >= 15 is 0 Å². The lowest BCUT2D eigenvalue weighted by Gasteiger charge is -2.12. The third kappa shape index (κ3) is 1.90. The molecule has 0 aliphatic carbocycles. The fraction of sp³-hybridized carbons (Fsp3) is 0.250. The lowest BCUT2D eigenvalue weighted by atomic mass is 10.1. The zero-order valence-electron chi connectivity index (χ0n) is 6.97. The normalized spacial score (nSPS) is 11.7. The molecule has 1 rings (SSSR count). The highest BCUT2D eigenvalue weighted by molar-refractivity contribution is 5.47. The van der Waals surface area contributed by atoms with Gasteiger partial charge in [-0.2, -0.15) is 13.2 Å². The van der Waals surface area contributed by atoms with E-state index in [9.17, 15) is 13.2 Å². The third-order valence-corrected chi connectivity index (χ3v) is 1.70. The Hall–Kier alpha value is -1.43. The summed E-state index contributed by atoms with van der Waals surface area (Å²) in [5.74, 6) is -1.51. The van der Waals surface area contributed by atoms with Crippen molar-refractivity contribution in [1.82, 2.24) is 0 Å². The maximum atomic E-state index is 12.2. The highest BCUT2D eigenvalue weighted by Gasteiger charge is 2.35. The van der Waals surface area contributed by atoms with E-state index in [0.29, 0.717) is 6.07 Å². The van der Waals surface area contributed by atoms with Crippen LogP contribution in [0.1, 0.15) is 11.1 Å². The quantitative estimate of drug-likeness (QED) is 0.612. The fourth-order valence-electron chi connectivity index (χ4n) is 1.05. The first-order valence-corrected chi connectivity index (χ1v) is 3.68. The Morgan fingerprint density at radius 1 is 1.21 bits per heavy atom. The number of rotatable bonds is 1. The molecular weight excluding hydrogens is 199 g/mol. The largest absolute Gasteiger partial charge is 0.508 e. The first-order chi connectivity index (χ1) is 6.36. The monoisotopic (exact) mass is 207 g/mol. The molecule has 0 saturated carbocycles. The Morgan fingerprint density at radius 3 is 2.21 bits per heavy atom. The smallest absolute Gasteiger partial charge is 0.420 e. The molecule has 0 radical (unpaired) electrons. The van der Waals surface area contributed by atoms with Crippen molar-refractivity contribution in [2.24, 2.45) is 5.73 Å². The van der Waals surface area contributed by atoms with Gasteiger partial charge >= 0.3 is 6.18 Å². The number of nitrogens with two attached hydrogens (primary N) is 1. The van der Waals surface area contributed by atoms with E-state index in [-0.39, 0.29) is 12.1 Å². The van der Waals surface area contributed by atoms with Crippen molar-refractivity contribution in [3.63, 3.8) is 0 Å². The minimum absolute atomic E-state index is 0.141. The molecule has 4 N–H and O–H groups in total. The van der Waals surface area contributed by atoms with Crippen LogP contribution in [0.5, 0.6) is 11.5 Å². The molecule has 0 aliphatic rings. The SMILES string of the molecule is NCc1cc(O)cc(C(F)(F)F)c1O. The van der Waals surface area contributed by atoms with Gasteiger partial charge in [0.1, 0.15) is 17.1 Å². The number of phenols is 2. The molecule has 1 aromatic carbocycles. The minimum atomic E-state index is -4.70. The van der Waals surface area contributed by atoms with Crippen LogP contribution in [0.25, 0.3) is 0 Å². The standard InChI is InChI=1S/C8H8F3NO2/c9-8(10,11)6-2-5(13)1-4(3-12)7(6)14/h1-2,13-14H,3,12H2. The predicted octanol–water partition coefficient (Wildman–Crippen LogP) is 1.58. The van der Waals surface area contributed by atoms with E-state index in [1.54, 1.807) is 0 Å². The van der Waals surface area contributed by atoms with E-state index < -0.39 is 23.2 Å². The number of halogens is 3. The molecule has 0 saturated heterocycles. The molecule has 3 nitrogen and oxygen atoms in total. The van der Waals surface area contributed by atoms with Crippen LogP contribution in [-0.2, 0) is 12.7 Å². The molecular formula is C8H8F3NO2. The van der Waals surface area contributed by atoms with E-state index in [2.05, 4.69) is 0 Å². The van der Waals surface area contributed by atoms with Crippen LogP contribution in [0.2, 0.25) is 0 Å². The number of aromatic hydroxyl groups is 2. The molecule has 14 heavy (non-hydrogen) atoms. The van der Waals surface area contributed by atoms with Gasteiger partial charge < -0.3 is 15.9 Å². The Labute approximate surface area is 77.6 Å². The Kier molecular flexibility index (Phi) is 2.57. The second-order valence-corrected chi connectivity index (χ2v) is 2.70. The fourth-order valence-corrected chi connectivity index (χ4v) is 1.05. The number of benzene rings is 1. The molecule has 0 bridgehead atoms. The van der Waals surface area contributed by atoms with Crippen molar-refractivity contribution in [1.29, 1.82) is 0 Å². The average Bonchev–Trinajstić information content (AvgIpc) is 2.06. The van der Waals surface area contributed by atoms with Crippen LogP contribution in [0, 0.1) is 0 Å². The van der Waals surface area contributed by atoms with Crippen molar-refractivity contribution in [3.05, 3.63) is 23.3 Å². The molecule has 0 atom stereocenters. The number of hydrogen-bond donors (Lipinski definition) is 3. The van der Waals surface area contributed by atoms with Crippen LogP contribution in [0.3, 0.4) is 0 Å². The molecule has 0 amide bonds. The maximum absolute atomic E-state index is 12.2. The first-order valence-electron chi connectivity index (χ1n) is 3.68. The van der Waals surface area contributed by atoms with Crippen molar-refractivity contribution in [2.45, 2.75) is 12.7 Å². The topological polar surface area (TPSA) is 66.5 Å². The summed E-state index contributed by atoms with van der Waals surface area (Å²) in [5, 5.41) is 18.1. The van der Waals surface area contributed by atoms with Crippen LogP contribution in [0.15, 0.2) is 12.1 Å². The molecule has 1 aromatic rings. The van der Waals surface area contributed by atoms with Crippen molar-refractivity contribution >= 4 is 0 Å². The van der Waals surface area contributed by atoms with Crippen LogP contribution in [0.4, 0.5) is 13.2 Å². The highest BCUT2D eigenvalue weighted by Crippen LogP contribution is 2.39. The summed E-state index contributed by atoms with van der Waals surface area (Å²) in [6.45, 7) is -0.274.